The molecule has 0 amide bonds. The van der Waals surface area contributed by atoms with Crippen molar-refractivity contribution in [3.63, 3.8) is 0 Å². The van der Waals surface area contributed by atoms with Crippen LogP contribution in [0.25, 0.3) is 21.5 Å². The second-order valence-electron chi connectivity index (χ2n) is 19.3. The summed E-state index contributed by atoms with van der Waals surface area (Å²) in [6, 6.07) is 53.1. The van der Waals surface area contributed by atoms with Gasteiger partial charge >= 0.3 is 0 Å². The number of benzene rings is 7. The van der Waals surface area contributed by atoms with Gasteiger partial charge in [0.2, 0.25) is 0 Å². The van der Waals surface area contributed by atoms with Crippen LogP contribution in [0, 0.1) is 55.4 Å². The van der Waals surface area contributed by atoms with E-state index in [2.05, 4.69) is 214 Å². The van der Waals surface area contributed by atoms with Crippen molar-refractivity contribution in [2.75, 3.05) is 21.3 Å². The Morgan fingerprint density at radius 1 is 0.284 bits per heavy atom. The molecule has 74 heavy (non-hydrogen) atoms. The third-order valence-corrected chi connectivity index (χ3v) is 13.6. The Kier molecular flexibility index (Phi) is 20.7. The minimum atomic E-state index is -0.408. The number of fused-ring (bicyclic) bond motifs is 3. The van der Waals surface area contributed by atoms with Crippen LogP contribution >= 0.6 is 0 Å². The minimum Gasteiger partial charge on any atom is -0.872 e. The first kappa shape index (κ1) is 58.1. The van der Waals surface area contributed by atoms with Crippen molar-refractivity contribution in [2.24, 2.45) is 0 Å². The van der Waals surface area contributed by atoms with Crippen molar-refractivity contribution >= 4 is 44.3 Å². The zero-order valence-electron chi connectivity index (χ0n) is 44.7. The number of nitrogens with one attached hydrogen (secondary N) is 4. The fourth-order valence-electron chi connectivity index (χ4n) is 9.31. The maximum absolute atomic E-state index is 11.8. The Morgan fingerprint density at radius 2 is 0.473 bits per heavy atom. The molecule has 4 N–H and O–H groups in total. The number of aryl methyl sites for hydroxylation is 8. The van der Waals surface area contributed by atoms with Crippen LogP contribution in [0.1, 0.15) is 119 Å². The fourth-order valence-corrected chi connectivity index (χ4v) is 9.31. The zero-order valence-corrected chi connectivity index (χ0v) is 46.8. The molecular formula is C64H70Co2N6O2-2. The molecule has 0 saturated carbocycles. The molecule has 388 valence electrons. The van der Waals surface area contributed by atoms with Gasteiger partial charge in [0.05, 0.1) is 46.9 Å². The van der Waals surface area contributed by atoms with Crippen LogP contribution < -0.4 is 31.5 Å². The van der Waals surface area contributed by atoms with Crippen LogP contribution in [-0.2, 0) is 33.6 Å². The molecule has 2 aromatic heterocycles. The van der Waals surface area contributed by atoms with E-state index in [1.807, 2.05) is 24.3 Å². The van der Waals surface area contributed by atoms with Gasteiger partial charge in [0.1, 0.15) is 0 Å². The molecule has 4 atom stereocenters. The Balaban J connectivity index is 0.000000210. The molecule has 0 spiro atoms. The van der Waals surface area contributed by atoms with E-state index >= 15 is 0 Å². The average Bonchev–Trinajstić information content (AvgIpc) is 3.38. The van der Waals surface area contributed by atoms with E-state index < -0.39 is 11.5 Å². The first-order valence-electron chi connectivity index (χ1n) is 25.0. The van der Waals surface area contributed by atoms with Gasteiger partial charge in [0.25, 0.3) is 0 Å². The van der Waals surface area contributed by atoms with Crippen molar-refractivity contribution < 1.29 is 43.8 Å². The van der Waals surface area contributed by atoms with E-state index in [1.165, 1.54) is 67.3 Å². The molecule has 0 aliphatic heterocycles. The first-order chi connectivity index (χ1) is 34.5. The molecule has 0 aliphatic rings. The third kappa shape index (κ3) is 13.9. The van der Waals surface area contributed by atoms with Crippen LogP contribution in [0.15, 0.2) is 158 Å². The zero-order chi connectivity index (χ0) is 51.6. The van der Waals surface area contributed by atoms with Gasteiger partial charge in [-0.15, -0.1) is 11.5 Å². The molecule has 10 heteroatoms. The number of hydrogen-bond acceptors (Lipinski definition) is 8. The fraction of sp³-hybridized carbons (Fsp3) is 0.250. The molecule has 0 aliphatic carbocycles. The summed E-state index contributed by atoms with van der Waals surface area (Å²) < 4.78 is 0. The predicted octanol–water partition coefficient (Wildman–Crippen LogP) is 15.5. The maximum atomic E-state index is 11.8. The molecule has 9 aromatic rings. The summed E-state index contributed by atoms with van der Waals surface area (Å²) in [6.45, 7) is 25.8. The summed E-state index contributed by atoms with van der Waals surface area (Å²) in [6.07, 6.45) is 0. The van der Waals surface area contributed by atoms with Gasteiger partial charge in [0.15, 0.2) is 0 Å². The van der Waals surface area contributed by atoms with E-state index in [9.17, 15) is 10.2 Å². The van der Waals surface area contributed by atoms with Gasteiger partial charge in [-0.2, -0.15) is 0 Å². The van der Waals surface area contributed by atoms with Crippen molar-refractivity contribution in [3.8, 4) is 11.5 Å². The third-order valence-electron chi connectivity index (χ3n) is 13.6. The minimum absolute atomic E-state index is 0. The summed E-state index contributed by atoms with van der Waals surface area (Å²) in [5.41, 5.74) is 19.1. The van der Waals surface area contributed by atoms with Gasteiger partial charge in [-0.05, 0) is 173 Å². The average molecular weight is 1070 g/mol. The molecule has 2 heterocycles. The standard InChI is InChI=1S/2C25H31N3.C14H10O2.2Co/c2*1-16-10-7-11-17(2)24(16)26-20(5)22-14-9-15-23(28-22)21(6)27-25-18(3)12-8-13-19(25)4;15-13-11-7-3-1-5-9(11)10-6-2-4-8-12(10)14(13)16;;/h2*7-15,20-21,26-27H,1-6H3;1-8,15-16H;;/p-2. The quantitative estimate of drug-likeness (QED) is 0.0893. The van der Waals surface area contributed by atoms with Crippen LogP contribution in [0.2, 0.25) is 0 Å². The predicted molar refractivity (Wildman–Crippen MR) is 301 cm³/mol. The number of hydrogen-bond donors (Lipinski definition) is 4. The topological polar surface area (TPSA) is 120 Å². The van der Waals surface area contributed by atoms with Crippen molar-refractivity contribution in [1.29, 1.82) is 0 Å². The molecule has 7 aromatic carbocycles. The normalized spacial score (nSPS) is 12.3. The Hall–Kier alpha value is -6.83. The van der Waals surface area contributed by atoms with Crippen LogP contribution in [0.5, 0.6) is 11.5 Å². The molecule has 8 nitrogen and oxygen atoms in total. The SMILES string of the molecule is Cc1cccc(C)c1NC(C)c1cccc(C(C)Nc2c(C)cccc2C)n1.Cc1cccc(C)c1NC(C)c1cccc(C(C)Nc2c(C)cccc2C)n1.[Co].[Co].[O-]c1c([O-])c2ccccc2c2ccccc12. The number of pyridine rings is 2. The summed E-state index contributed by atoms with van der Waals surface area (Å²) in [5.74, 6) is -0.816. The van der Waals surface area contributed by atoms with Gasteiger partial charge < -0.3 is 31.5 Å². The summed E-state index contributed by atoms with van der Waals surface area (Å²) in [4.78, 5) is 9.92. The molecular weight excluding hydrogens is 1000 g/mol. The van der Waals surface area contributed by atoms with Gasteiger partial charge in [-0.3, -0.25) is 9.97 Å². The monoisotopic (exact) mass is 1070 g/mol. The summed E-state index contributed by atoms with van der Waals surface area (Å²) in [7, 11) is 0. The van der Waals surface area contributed by atoms with E-state index in [-0.39, 0.29) is 57.7 Å². The molecule has 0 bridgehead atoms. The van der Waals surface area contributed by atoms with Crippen LogP contribution in [-0.4, -0.2) is 9.97 Å². The molecule has 0 fully saturated rings. The van der Waals surface area contributed by atoms with E-state index in [0.29, 0.717) is 10.8 Å². The smallest absolute Gasteiger partial charge is 0.0657 e. The van der Waals surface area contributed by atoms with Crippen molar-refractivity contribution in [1.82, 2.24) is 9.97 Å². The second kappa shape index (κ2) is 26.4. The van der Waals surface area contributed by atoms with E-state index in [0.717, 1.165) is 33.5 Å². The summed E-state index contributed by atoms with van der Waals surface area (Å²) in [5, 5.41) is 41.0. The number of anilines is 4. The number of nitrogens with zero attached hydrogens (tertiary/aromatic N) is 2. The van der Waals surface area contributed by atoms with Crippen molar-refractivity contribution in [3.05, 3.63) is 225 Å². The second-order valence-corrected chi connectivity index (χ2v) is 19.3. The number of rotatable bonds is 12. The maximum Gasteiger partial charge on any atom is 0.0657 e. The molecule has 2 radical (unpaired) electrons. The van der Waals surface area contributed by atoms with Crippen LogP contribution in [0.4, 0.5) is 22.7 Å². The largest absolute Gasteiger partial charge is 0.872 e. The Labute approximate surface area is 460 Å². The number of aromatic nitrogens is 2. The van der Waals surface area contributed by atoms with Crippen LogP contribution in [0.3, 0.4) is 0 Å². The van der Waals surface area contributed by atoms with Gasteiger partial charge in [0, 0.05) is 56.3 Å². The Bertz CT molecular complexity index is 2870. The van der Waals surface area contributed by atoms with E-state index in [4.69, 9.17) is 9.97 Å². The van der Waals surface area contributed by atoms with Gasteiger partial charge in [-0.1, -0.05) is 133 Å². The van der Waals surface area contributed by atoms with E-state index in [1.54, 1.807) is 24.3 Å². The number of para-hydroxylation sites is 4. The molecule has 0 saturated heterocycles. The molecule has 4 unspecified atom stereocenters. The summed E-state index contributed by atoms with van der Waals surface area (Å²) >= 11 is 0. The van der Waals surface area contributed by atoms with Gasteiger partial charge in [-0.25, -0.2) is 0 Å². The molecule has 9 rings (SSSR count). The Morgan fingerprint density at radius 3 is 0.689 bits per heavy atom. The first-order valence-corrected chi connectivity index (χ1v) is 25.0. The van der Waals surface area contributed by atoms with Crippen molar-refractivity contribution in [2.45, 2.75) is 107 Å².